The minimum Gasteiger partial charge on any atom is -0.465 e. The lowest BCUT2D eigenvalue weighted by atomic mass is 9.77. The van der Waals surface area contributed by atoms with Gasteiger partial charge < -0.3 is 9.47 Å². The molecule has 0 heterocycles. The molecular weight excluding hydrogens is 316 g/mol. The standard InChI is InChI=1S/C21H40O4/c1-7-15-24-19(22)21(13-9-11-17(3)4,14-10-12-18(5)6)20(23)25-16-8-2/h17-18H,7-16H2,1-6H3. The quantitative estimate of drug-likeness (QED) is 0.303. The Kier molecular flexibility index (Phi) is 12.6. The predicted molar refractivity (Wildman–Crippen MR) is 102 cm³/mol. The molecule has 0 aromatic heterocycles. The maximum Gasteiger partial charge on any atom is 0.323 e. The Labute approximate surface area is 155 Å². The highest BCUT2D eigenvalue weighted by molar-refractivity contribution is 6.00. The topological polar surface area (TPSA) is 52.6 Å². The largest absolute Gasteiger partial charge is 0.465 e. The van der Waals surface area contributed by atoms with Gasteiger partial charge in [0.05, 0.1) is 13.2 Å². The maximum atomic E-state index is 12.9. The maximum absolute atomic E-state index is 12.9. The van der Waals surface area contributed by atoms with Gasteiger partial charge in [-0.2, -0.15) is 0 Å². The molecule has 0 saturated heterocycles. The number of hydrogen-bond acceptors (Lipinski definition) is 4. The molecule has 0 fully saturated rings. The van der Waals surface area contributed by atoms with Crippen LogP contribution in [0.15, 0.2) is 0 Å². The lowest BCUT2D eigenvalue weighted by Gasteiger charge is -2.30. The lowest BCUT2D eigenvalue weighted by molar-refractivity contribution is -0.174. The van der Waals surface area contributed by atoms with Crippen LogP contribution in [0.5, 0.6) is 0 Å². The second-order valence-corrected chi connectivity index (χ2v) is 7.93. The van der Waals surface area contributed by atoms with Gasteiger partial charge in [-0.1, -0.05) is 67.2 Å². The molecule has 0 radical (unpaired) electrons. The van der Waals surface area contributed by atoms with Gasteiger partial charge in [-0.15, -0.1) is 0 Å². The summed E-state index contributed by atoms with van der Waals surface area (Å²) in [6.45, 7) is 13.3. The Hall–Kier alpha value is -1.06. The van der Waals surface area contributed by atoms with Crippen molar-refractivity contribution in [1.82, 2.24) is 0 Å². The Balaban J connectivity index is 5.33. The molecule has 0 N–H and O–H groups in total. The third-order valence-corrected chi connectivity index (χ3v) is 4.43. The van der Waals surface area contributed by atoms with E-state index >= 15 is 0 Å². The van der Waals surface area contributed by atoms with Gasteiger partial charge in [0, 0.05) is 0 Å². The van der Waals surface area contributed by atoms with E-state index in [0.717, 1.165) is 38.5 Å². The molecule has 0 amide bonds. The Bertz CT molecular complexity index is 338. The van der Waals surface area contributed by atoms with E-state index in [0.29, 0.717) is 37.9 Å². The molecule has 0 atom stereocenters. The number of hydrogen-bond donors (Lipinski definition) is 0. The molecule has 4 nitrogen and oxygen atoms in total. The van der Waals surface area contributed by atoms with E-state index in [4.69, 9.17) is 9.47 Å². The zero-order valence-corrected chi connectivity index (χ0v) is 17.4. The molecule has 0 bridgehead atoms. The van der Waals surface area contributed by atoms with Crippen LogP contribution in [0.4, 0.5) is 0 Å². The van der Waals surface area contributed by atoms with Gasteiger partial charge in [-0.3, -0.25) is 9.59 Å². The fourth-order valence-electron chi connectivity index (χ4n) is 2.91. The summed E-state index contributed by atoms with van der Waals surface area (Å²) in [7, 11) is 0. The number of rotatable bonds is 14. The first kappa shape index (κ1) is 23.9. The summed E-state index contributed by atoms with van der Waals surface area (Å²) < 4.78 is 10.9. The third kappa shape index (κ3) is 9.27. The van der Waals surface area contributed by atoms with Gasteiger partial charge in [0.15, 0.2) is 5.41 Å². The SMILES string of the molecule is CCCOC(=O)C(CCCC(C)C)(CCCC(C)C)C(=O)OCCC. The van der Waals surface area contributed by atoms with Crippen LogP contribution >= 0.6 is 0 Å². The van der Waals surface area contributed by atoms with Gasteiger partial charge in [0.25, 0.3) is 0 Å². The summed E-state index contributed by atoms with van der Waals surface area (Å²) in [6.07, 6.45) is 6.21. The summed E-state index contributed by atoms with van der Waals surface area (Å²) in [5, 5.41) is 0. The van der Waals surface area contributed by atoms with Crippen molar-refractivity contribution >= 4 is 11.9 Å². The van der Waals surface area contributed by atoms with Crippen molar-refractivity contribution in [2.75, 3.05) is 13.2 Å². The second kappa shape index (κ2) is 13.2. The summed E-state index contributed by atoms with van der Waals surface area (Å²) in [4.78, 5) is 25.7. The molecule has 25 heavy (non-hydrogen) atoms. The molecule has 148 valence electrons. The van der Waals surface area contributed by atoms with Gasteiger partial charge >= 0.3 is 11.9 Å². The highest BCUT2D eigenvalue weighted by Gasteiger charge is 2.47. The smallest absolute Gasteiger partial charge is 0.323 e. The minimum absolute atomic E-state index is 0.357. The van der Waals surface area contributed by atoms with Crippen LogP contribution in [-0.4, -0.2) is 25.2 Å². The average molecular weight is 357 g/mol. The molecule has 0 rings (SSSR count). The molecule has 4 heteroatoms. The Morgan fingerprint density at radius 2 is 1.12 bits per heavy atom. The normalized spacial score (nSPS) is 11.8. The fourth-order valence-corrected chi connectivity index (χ4v) is 2.91. The van der Waals surface area contributed by atoms with Crippen LogP contribution in [0.2, 0.25) is 0 Å². The summed E-state index contributed by atoms with van der Waals surface area (Å²) >= 11 is 0. The Morgan fingerprint density at radius 3 is 1.40 bits per heavy atom. The lowest BCUT2D eigenvalue weighted by Crippen LogP contribution is -2.42. The monoisotopic (exact) mass is 356 g/mol. The third-order valence-electron chi connectivity index (χ3n) is 4.43. The number of carbonyl (C=O) groups excluding carboxylic acids is 2. The van der Waals surface area contributed by atoms with Crippen molar-refractivity contribution in [3.8, 4) is 0 Å². The highest BCUT2D eigenvalue weighted by Crippen LogP contribution is 2.36. The van der Waals surface area contributed by atoms with Crippen LogP contribution in [-0.2, 0) is 19.1 Å². The van der Waals surface area contributed by atoms with Gasteiger partial charge in [0.2, 0.25) is 0 Å². The van der Waals surface area contributed by atoms with E-state index in [1.165, 1.54) is 0 Å². The zero-order valence-electron chi connectivity index (χ0n) is 17.4. The van der Waals surface area contributed by atoms with E-state index < -0.39 is 5.41 Å². The molecule has 0 aliphatic carbocycles. The van der Waals surface area contributed by atoms with Gasteiger partial charge in [-0.25, -0.2) is 0 Å². The van der Waals surface area contributed by atoms with Crippen LogP contribution < -0.4 is 0 Å². The van der Waals surface area contributed by atoms with E-state index in [1.807, 2.05) is 13.8 Å². The molecule has 0 spiro atoms. The fraction of sp³-hybridized carbons (Fsp3) is 0.905. The first-order valence-electron chi connectivity index (χ1n) is 10.1. The van der Waals surface area contributed by atoms with Crippen LogP contribution in [0.25, 0.3) is 0 Å². The Morgan fingerprint density at radius 1 is 0.760 bits per heavy atom. The van der Waals surface area contributed by atoms with Crippen LogP contribution in [0.3, 0.4) is 0 Å². The number of esters is 2. The van der Waals surface area contributed by atoms with Crippen LogP contribution in [0.1, 0.15) is 92.9 Å². The van der Waals surface area contributed by atoms with Crippen molar-refractivity contribution in [2.45, 2.75) is 92.9 Å². The van der Waals surface area contributed by atoms with E-state index in [2.05, 4.69) is 27.7 Å². The molecule has 0 aliphatic heterocycles. The second-order valence-electron chi connectivity index (χ2n) is 7.93. The average Bonchev–Trinajstić information content (AvgIpc) is 2.55. The summed E-state index contributed by atoms with van der Waals surface area (Å²) in [5.74, 6) is 0.323. The van der Waals surface area contributed by atoms with Crippen molar-refractivity contribution in [1.29, 1.82) is 0 Å². The molecule has 0 aromatic carbocycles. The van der Waals surface area contributed by atoms with Gasteiger partial charge in [0.1, 0.15) is 0 Å². The number of carbonyl (C=O) groups is 2. The first-order valence-corrected chi connectivity index (χ1v) is 10.1. The van der Waals surface area contributed by atoms with Crippen molar-refractivity contribution in [3.05, 3.63) is 0 Å². The number of ether oxygens (including phenoxy) is 2. The summed E-state index contributed by atoms with van der Waals surface area (Å²) in [6, 6.07) is 0. The highest BCUT2D eigenvalue weighted by atomic mass is 16.6. The van der Waals surface area contributed by atoms with E-state index in [1.54, 1.807) is 0 Å². The molecular formula is C21H40O4. The van der Waals surface area contributed by atoms with E-state index in [-0.39, 0.29) is 11.9 Å². The van der Waals surface area contributed by atoms with Crippen molar-refractivity contribution in [2.24, 2.45) is 17.3 Å². The summed E-state index contributed by atoms with van der Waals surface area (Å²) in [5.41, 5.74) is -1.13. The van der Waals surface area contributed by atoms with Crippen molar-refractivity contribution in [3.63, 3.8) is 0 Å². The molecule has 0 aromatic rings. The molecule has 0 aliphatic rings. The zero-order chi connectivity index (χ0) is 19.3. The molecule has 0 saturated carbocycles. The molecule has 0 unspecified atom stereocenters. The van der Waals surface area contributed by atoms with Gasteiger partial charge in [-0.05, 0) is 37.5 Å². The predicted octanol–water partition coefficient (Wildman–Crippen LogP) is 5.53. The van der Waals surface area contributed by atoms with Crippen molar-refractivity contribution < 1.29 is 19.1 Å². The first-order chi connectivity index (χ1) is 11.8. The minimum atomic E-state index is -1.13. The van der Waals surface area contributed by atoms with E-state index in [9.17, 15) is 9.59 Å². The van der Waals surface area contributed by atoms with Crippen LogP contribution in [0, 0.1) is 17.3 Å².